The SMILES string of the molecule is O=C(NCCCc1nc2ccccc2[nH]1)c1ccc(Cl)cc1[N+](=O)[O-]. The molecule has 0 saturated heterocycles. The van der Waals surface area contributed by atoms with Crippen molar-refractivity contribution < 1.29 is 9.72 Å². The summed E-state index contributed by atoms with van der Waals surface area (Å²) >= 11 is 5.75. The fourth-order valence-electron chi connectivity index (χ4n) is 2.52. The zero-order valence-corrected chi connectivity index (χ0v) is 13.9. The average molecular weight is 359 g/mol. The molecule has 0 unspecified atom stereocenters. The van der Waals surface area contributed by atoms with Crippen molar-refractivity contribution in [1.29, 1.82) is 0 Å². The van der Waals surface area contributed by atoms with Crippen molar-refractivity contribution >= 4 is 34.2 Å². The fourth-order valence-corrected chi connectivity index (χ4v) is 2.69. The Morgan fingerprint density at radius 3 is 2.84 bits per heavy atom. The van der Waals surface area contributed by atoms with Crippen LogP contribution in [-0.2, 0) is 6.42 Å². The quantitative estimate of drug-likeness (QED) is 0.400. The number of aromatic nitrogens is 2. The minimum Gasteiger partial charge on any atom is -0.352 e. The zero-order valence-electron chi connectivity index (χ0n) is 13.2. The summed E-state index contributed by atoms with van der Waals surface area (Å²) in [5.41, 5.74) is 1.57. The van der Waals surface area contributed by atoms with E-state index in [9.17, 15) is 14.9 Å². The van der Waals surface area contributed by atoms with Crippen molar-refractivity contribution in [3.05, 3.63) is 69.0 Å². The summed E-state index contributed by atoms with van der Waals surface area (Å²) in [6.07, 6.45) is 1.32. The molecule has 0 fully saturated rings. The first-order valence-corrected chi connectivity index (χ1v) is 8.08. The van der Waals surface area contributed by atoms with Crippen LogP contribution in [-0.4, -0.2) is 27.3 Å². The molecule has 128 valence electrons. The van der Waals surface area contributed by atoms with Crippen LogP contribution < -0.4 is 5.32 Å². The van der Waals surface area contributed by atoms with Crippen LogP contribution in [0.25, 0.3) is 11.0 Å². The molecule has 0 radical (unpaired) electrons. The highest BCUT2D eigenvalue weighted by Gasteiger charge is 2.20. The molecule has 2 aromatic carbocycles. The van der Waals surface area contributed by atoms with Crippen LogP contribution in [0.3, 0.4) is 0 Å². The Hall–Kier alpha value is -2.93. The first kappa shape index (κ1) is 16.9. The average Bonchev–Trinajstić information content (AvgIpc) is 3.01. The van der Waals surface area contributed by atoms with E-state index in [-0.39, 0.29) is 16.3 Å². The normalized spacial score (nSPS) is 10.8. The van der Waals surface area contributed by atoms with E-state index in [1.807, 2.05) is 24.3 Å². The number of hydrogen-bond donors (Lipinski definition) is 2. The van der Waals surface area contributed by atoms with E-state index in [0.717, 1.165) is 16.9 Å². The van der Waals surface area contributed by atoms with E-state index in [4.69, 9.17) is 11.6 Å². The number of aryl methyl sites for hydroxylation is 1. The number of para-hydroxylation sites is 2. The summed E-state index contributed by atoms with van der Waals surface area (Å²) in [5, 5.41) is 13.9. The maximum atomic E-state index is 12.2. The Morgan fingerprint density at radius 2 is 2.08 bits per heavy atom. The molecule has 2 N–H and O–H groups in total. The van der Waals surface area contributed by atoms with Gasteiger partial charge < -0.3 is 10.3 Å². The summed E-state index contributed by atoms with van der Waals surface area (Å²) in [6, 6.07) is 11.7. The van der Waals surface area contributed by atoms with Crippen LogP contribution in [0.15, 0.2) is 42.5 Å². The van der Waals surface area contributed by atoms with Gasteiger partial charge in [-0.3, -0.25) is 14.9 Å². The van der Waals surface area contributed by atoms with Gasteiger partial charge in [0.05, 0.1) is 16.0 Å². The largest absolute Gasteiger partial charge is 0.352 e. The third-order valence-electron chi connectivity index (χ3n) is 3.72. The number of nitro benzene ring substituents is 1. The number of halogens is 1. The number of imidazole rings is 1. The van der Waals surface area contributed by atoms with Crippen LogP contribution in [0.1, 0.15) is 22.6 Å². The smallest absolute Gasteiger partial charge is 0.283 e. The lowest BCUT2D eigenvalue weighted by Gasteiger charge is -2.05. The molecule has 0 saturated carbocycles. The summed E-state index contributed by atoms with van der Waals surface area (Å²) in [5.74, 6) is 0.348. The van der Waals surface area contributed by atoms with E-state index >= 15 is 0 Å². The number of aromatic amines is 1. The Balaban J connectivity index is 1.57. The Bertz CT molecular complexity index is 906. The number of fused-ring (bicyclic) bond motifs is 1. The van der Waals surface area contributed by atoms with Gasteiger partial charge in [0, 0.05) is 24.1 Å². The highest BCUT2D eigenvalue weighted by molar-refractivity contribution is 6.31. The van der Waals surface area contributed by atoms with Gasteiger partial charge in [-0.1, -0.05) is 23.7 Å². The van der Waals surface area contributed by atoms with Crippen molar-refractivity contribution in [2.24, 2.45) is 0 Å². The van der Waals surface area contributed by atoms with Crippen LogP contribution in [0.4, 0.5) is 5.69 Å². The van der Waals surface area contributed by atoms with Crippen LogP contribution >= 0.6 is 11.6 Å². The molecular weight excluding hydrogens is 344 g/mol. The van der Waals surface area contributed by atoms with Gasteiger partial charge >= 0.3 is 0 Å². The van der Waals surface area contributed by atoms with Crippen LogP contribution in [0, 0.1) is 10.1 Å². The van der Waals surface area contributed by atoms with E-state index in [1.54, 1.807) is 0 Å². The van der Waals surface area contributed by atoms with Gasteiger partial charge in [-0.15, -0.1) is 0 Å². The van der Waals surface area contributed by atoms with E-state index in [2.05, 4.69) is 15.3 Å². The highest BCUT2D eigenvalue weighted by atomic mass is 35.5. The summed E-state index contributed by atoms with van der Waals surface area (Å²) < 4.78 is 0. The van der Waals surface area contributed by atoms with Crippen molar-refractivity contribution in [2.45, 2.75) is 12.8 Å². The number of H-pyrrole nitrogens is 1. The lowest BCUT2D eigenvalue weighted by molar-refractivity contribution is -0.385. The van der Waals surface area contributed by atoms with Gasteiger partial charge in [0.15, 0.2) is 0 Å². The molecule has 0 spiro atoms. The minimum absolute atomic E-state index is 0.00172. The third-order valence-corrected chi connectivity index (χ3v) is 3.95. The molecule has 1 heterocycles. The van der Waals surface area contributed by atoms with Crippen LogP contribution in [0.2, 0.25) is 5.02 Å². The van der Waals surface area contributed by atoms with Crippen LogP contribution in [0.5, 0.6) is 0 Å². The first-order valence-electron chi connectivity index (χ1n) is 7.70. The number of rotatable bonds is 6. The molecule has 0 atom stereocenters. The zero-order chi connectivity index (χ0) is 17.8. The second kappa shape index (κ2) is 7.31. The van der Waals surface area contributed by atoms with E-state index in [1.165, 1.54) is 18.2 Å². The molecule has 0 aliphatic heterocycles. The van der Waals surface area contributed by atoms with Gasteiger partial charge in [0.25, 0.3) is 11.6 Å². The first-order chi connectivity index (χ1) is 12.0. The maximum absolute atomic E-state index is 12.2. The maximum Gasteiger partial charge on any atom is 0.283 e. The van der Waals surface area contributed by atoms with Crippen molar-refractivity contribution in [3.63, 3.8) is 0 Å². The highest BCUT2D eigenvalue weighted by Crippen LogP contribution is 2.23. The molecule has 3 rings (SSSR count). The molecule has 7 nitrogen and oxygen atoms in total. The van der Waals surface area contributed by atoms with E-state index in [0.29, 0.717) is 19.4 Å². The lowest BCUT2D eigenvalue weighted by Crippen LogP contribution is -2.25. The predicted molar refractivity (Wildman–Crippen MR) is 94.9 cm³/mol. The third kappa shape index (κ3) is 3.95. The number of nitro groups is 1. The topological polar surface area (TPSA) is 101 Å². The number of nitrogens with zero attached hydrogens (tertiary/aromatic N) is 2. The summed E-state index contributed by atoms with van der Waals surface area (Å²) in [6.45, 7) is 0.385. The summed E-state index contributed by atoms with van der Waals surface area (Å²) in [4.78, 5) is 30.2. The summed E-state index contributed by atoms with van der Waals surface area (Å²) in [7, 11) is 0. The molecule has 0 bridgehead atoms. The molecule has 1 aromatic heterocycles. The van der Waals surface area contributed by atoms with Gasteiger partial charge in [-0.05, 0) is 30.7 Å². The molecule has 1 amide bonds. The number of benzene rings is 2. The lowest BCUT2D eigenvalue weighted by atomic mass is 10.1. The van der Waals surface area contributed by atoms with Gasteiger partial charge in [-0.2, -0.15) is 0 Å². The number of carbonyl (C=O) groups excluding carboxylic acids is 1. The Labute approximate surface area is 148 Å². The van der Waals surface area contributed by atoms with Gasteiger partial charge in [0.2, 0.25) is 0 Å². The molecule has 3 aromatic rings. The monoisotopic (exact) mass is 358 g/mol. The molecular formula is C17H15ClN4O3. The molecule has 25 heavy (non-hydrogen) atoms. The standard InChI is InChI=1S/C17H15ClN4O3/c18-11-7-8-12(15(10-11)22(24)25)17(23)19-9-3-6-16-20-13-4-1-2-5-14(13)21-16/h1-2,4-5,7-8,10H,3,6,9H2,(H,19,23)(H,20,21). The number of hydrogen-bond acceptors (Lipinski definition) is 4. The Morgan fingerprint density at radius 1 is 1.28 bits per heavy atom. The molecule has 0 aliphatic carbocycles. The number of amides is 1. The van der Waals surface area contributed by atoms with Gasteiger partial charge in [0.1, 0.15) is 11.4 Å². The molecule has 0 aliphatic rings. The van der Waals surface area contributed by atoms with Gasteiger partial charge in [-0.25, -0.2) is 4.98 Å². The van der Waals surface area contributed by atoms with E-state index < -0.39 is 10.8 Å². The second-order valence-corrected chi connectivity index (χ2v) is 5.92. The predicted octanol–water partition coefficient (Wildman–Crippen LogP) is 3.49. The van der Waals surface area contributed by atoms with Crippen molar-refractivity contribution in [2.75, 3.05) is 6.54 Å². The molecule has 8 heteroatoms. The minimum atomic E-state index is -0.616. The fraction of sp³-hybridized carbons (Fsp3) is 0.176. The number of carbonyl (C=O) groups is 1. The van der Waals surface area contributed by atoms with Crippen molar-refractivity contribution in [1.82, 2.24) is 15.3 Å². The number of nitrogens with one attached hydrogen (secondary N) is 2. The second-order valence-electron chi connectivity index (χ2n) is 5.48. The Kier molecular flexibility index (Phi) is 4.95. The van der Waals surface area contributed by atoms with Crippen molar-refractivity contribution in [3.8, 4) is 0 Å².